The fourth-order valence-electron chi connectivity index (χ4n) is 1.25. The predicted octanol–water partition coefficient (Wildman–Crippen LogP) is 1.47. The average molecular weight is 153 g/mol. The summed E-state index contributed by atoms with van der Waals surface area (Å²) in [6, 6.07) is 4.22. The molecule has 0 unspecified atom stereocenters. The first-order chi connectivity index (χ1) is 6.09. The molecule has 0 aliphatic carbocycles. The Morgan fingerprint density at radius 3 is 3.27 bits per heavy atom. The van der Waals surface area contributed by atoms with Crippen LogP contribution in [0.5, 0.6) is 0 Å². The first-order valence-electron chi connectivity index (χ1n) is 4.63. The molecular formula is C9H10FN. The van der Waals surface area contributed by atoms with Crippen LogP contribution in [0.1, 0.15) is 13.9 Å². The first-order valence-corrected chi connectivity index (χ1v) is 3.63. The maximum absolute atomic E-state index is 12.8. The van der Waals surface area contributed by atoms with E-state index in [1.165, 1.54) is 18.2 Å². The van der Waals surface area contributed by atoms with Gasteiger partial charge in [0.05, 0.1) is 0 Å². The van der Waals surface area contributed by atoms with E-state index in [-0.39, 0.29) is 5.82 Å². The molecule has 0 amide bonds. The summed E-state index contributed by atoms with van der Waals surface area (Å²) in [6.45, 7) is -0.954. The van der Waals surface area contributed by atoms with E-state index in [9.17, 15) is 4.39 Å². The van der Waals surface area contributed by atoms with Gasteiger partial charge < -0.3 is 5.32 Å². The number of benzene rings is 1. The molecule has 1 aromatic rings. The summed E-state index contributed by atoms with van der Waals surface area (Å²) in [5.74, 6) is -0.295. The van der Waals surface area contributed by atoms with Crippen molar-refractivity contribution in [1.82, 2.24) is 5.32 Å². The quantitative estimate of drug-likeness (QED) is 0.595. The Bertz CT molecular complexity index is 338. The number of rotatable bonds is 0. The molecule has 2 rings (SSSR count). The Morgan fingerprint density at radius 2 is 2.36 bits per heavy atom. The van der Waals surface area contributed by atoms with Gasteiger partial charge >= 0.3 is 0 Å². The number of fused-ring (bicyclic) bond motifs is 1. The van der Waals surface area contributed by atoms with Gasteiger partial charge in [0.15, 0.2) is 0 Å². The van der Waals surface area contributed by atoms with Crippen LogP contribution < -0.4 is 5.32 Å². The van der Waals surface area contributed by atoms with Gasteiger partial charge in [-0.15, -0.1) is 0 Å². The van der Waals surface area contributed by atoms with E-state index in [1.54, 1.807) is 0 Å². The third kappa shape index (κ3) is 1.26. The van der Waals surface area contributed by atoms with Crippen molar-refractivity contribution < 1.29 is 7.13 Å². The minimum atomic E-state index is -1.51. The lowest BCUT2D eigenvalue weighted by atomic mass is 10.0. The SMILES string of the molecule is [2H]C1([2H])NCCc2cc(F)ccc21. The molecule has 0 saturated heterocycles. The molecule has 1 nitrogen and oxygen atoms in total. The van der Waals surface area contributed by atoms with Crippen molar-refractivity contribution >= 4 is 0 Å². The summed E-state index contributed by atoms with van der Waals surface area (Å²) < 4.78 is 28.0. The molecule has 0 bridgehead atoms. The van der Waals surface area contributed by atoms with Gasteiger partial charge in [0.2, 0.25) is 0 Å². The highest BCUT2D eigenvalue weighted by atomic mass is 19.1. The summed E-state index contributed by atoms with van der Waals surface area (Å²) in [7, 11) is 0. The highest BCUT2D eigenvalue weighted by molar-refractivity contribution is 5.29. The summed E-state index contributed by atoms with van der Waals surface area (Å²) >= 11 is 0. The predicted molar refractivity (Wildman–Crippen MR) is 41.8 cm³/mol. The lowest BCUT2D eigenvalue weighted by Gasteiger charge is -2.16. The Morgan fingerprint density at radius 1 is 1.45 bits per heavy atom. The number of hydrogen-bond donors (Lipinski definition) is 1. The molecule has 0 spiro atoms. The van der Waals surface area contributed by atoms with E-state index in [2.05, 4.69) is 5.32 Å². The van der Waals surface area contributed by atoms with Crippen LogP contribution in [0, 0.1) is 5.82 Å². The largest absolute Gasteiger partial charge is 0.312 e. The van der Waals surface area contributed by atoms with Crippen LogP contribution in [0.2, 0.25) is 0 Å². The van der Waals surface area contributed by atoms with Crippen molar-refractivity contribution in [3.05, 3.63) is 35.1 Å². The molecule has 0 saturated carbocycles. The van der Waals surface area contributed by atoms with E-state index < -0.39 is 6.50 Å². The van der Waals surface area contributed by atoms with Gasteiger partial charge in [-0.1, -0.05) is 6.07 Å². The lowest BCUT2D eigenvalue weighted by molar-refractivity contribution is 0.606. The monoisotopic (exact) mass is 153 g/mol. The van der Waals surface area contributed by atoms with Crippen LogP contribution in [-0.4, -0.2) is 6.54 Å². The third-order valence-corrected chi connectivity index (χ3v) is 1.81. The maximum atomic E-state index is 12.8. The zero-order valence-electron chi connectivity index (χ0n) is 8.02. The third-order valence-electron chi connectivity index (χ3n) is 1.81. The van der Waals surface area contributed by atoms with E-state index in [4.69, 9.17) is 2.74 Å². The van der Waals surface area contributed by atoms with E-state index in [0.717, 1.165) is 5.56 Å². The molecule has 58 valence electrons. The standard InChI is InChI=1S/C9H10FN/c10-9-2-1-8-6-11-4-3-7(8)5-9/h1-2,5,11H,3-4,6H2/i6D2. The Hall–Kier alpha value is -0.890. The van der Waals surface area contributed by atoms with Crippen molar-refractivity contribution in [3.63, 3.8) is 0 Å². The molecule has 0 radical (unpaired) electrons. The van der Waals surface area contributed by atoms with Crippen molar-refractivity contribution in [1.29, 1.82) is 0 Å². The molecule has 0 fully saturated rings. The Kier molecular flexibility index (Phi) is 1.16. The van der Waals surface area contributed by atoms with Crippen LogP contribution >= 0.6 is 0 Å². The van der Waals surface area contributed by atoms with E-state index in [0.29, 0.717) is 18.5 Å². The Labute approximate surface area is 68.0 Å². The topological polar surface area (TPSA) is 12.0 Å². The van der Waals surface area contributed by atoms with E-state index in [1.807, 2.05) is 0 Å². The second-order valence-corrected chi connectivity index (χ2v) is 2.60. The second-order valence-electron chi connectivity index (χ2n) is 2.60. The molecule has 11 heavy (non-hydrogen) atoms. The van der Waals surface area contributed by atoms with Gasteiger partial charge in [-0.2, -0.15) is 0 Å². The fourth-order valence-corrected chi connectivity index (χ4v) is 1.25. The van der Waals surface area contributed by atoms with Crippen LogP contribution in [0.25, 0.3) is 0 Å². The molecule has 1 N–H and O–H groups in total. The highest BCUT2D eigenvalue weighted by Gasteiger charge is 2.07. The summed E-state index contributed by atoms with van der Waals surface area (Å²) in [6.07, 6.45) is 0.687. The minimum Gasteiger partial charge on any atom is -0.312 e. The Balaban J connectivity index is 2.53. The maximum Gasteiger partial charge on any atom is 0.123 e. The molecular weight excluding hydrogens is 141 g/mol. The number of nitrogens with one attached hydrogen (secondary N) is 1. The van der Waals surface area contributed by atoms with Crippen LogP contribution in [0.4, 0.5) is 4.39 Å². The second kappa shape index (κ2) is 2.62. The number of hydrogen-bond acceptors (Lipinski definition) is 1. The number of halogens is 1. The molecule has 1 heterocycles. The average Bonchev–Trinajstić information content (AvgIpc) is 2.02. The molecule has 1 aliphatic heterocycles. The molecule has 0 aromatic heterocycles. The summed E-state index contributed by atoms with van der Waals surface area (Å²) in [5.41, 5.74) is 1.32. The first kappa shape index (κ1) is 4.88. The smallest absolute Gasteiger partial charge is 0.123 e. The molecule has 1 aliphatic rings. The van der Waals surface area contributed by atoms with Gasteiger partial charge in [0.1, 0.15) is 5.82 Å². The highest BCUT2D eigenvalue weighted by Crippen LogP contribution is 2.14. The van der Waals surface area contributed by atoms with Crippen molar-refractivity contribution in [2.75, 3.05) is 6.54 Å². The van der Waals surface area contributed by atoms with Crippen molar-refractivity contribution in [3.8, 4) is 0 Å². The van der Waals surface area contributed by atoms with Crippen LogP contribution in [0.3, 0.4) is 0 Å². The van der Waals surface area contributed by atoms with E-state index >= 15 is 0 Å². The van der Waals surface area contributed by atoms with Crippen LogP contribution in [-0.2, 0) is 12.9 Å². The zero-order valence-corrected chi connectivity index (χ0v) is 6.02. The van der Waals surface area contributed by atoms with Crippen molar-refractivity contribution in [2.24, 2.45) is 0 Å². The van der Waals surface area contributed by atoms with Gasteiger partial charge in [-0.3, -0.25) is 0 Å². The van der Waals surface area contributed by atoms with Gasteiger partial charge in [-0.25, -0.2) is 4.39 Å². The zero-order chi connectivity index (χ0) is 9.47. The lowest BCUT2D eigenvalue weighted by Crippen LogP contribution is -2.23. The van der Waals surface area contributed by atoms with Gasteiger partial charge in [0.25, 0.3) is 0 Å². The molecule has 1 aromatic carbocycles. The summed E-state index contributed by atoms with van der Waals surface area (Å²) in [4.78, 5) is 0. The van der Waals surface area contributed by atoms with Crippen LogP contribution in [0.15, 0.2) is 18.2 Å². The minimum absolute atomic E-state index is 0.295. The normalized spacial score (nSPS) is 23.4. The molecule has 0 atom stereocenters. The van der Waals surface area contributed by atoms with Crippen molar-refractivity contribution in [2.45, 2.75) is 12.9 Å². The fraction of sp³-hybridized carbons (Fsp3) is 0.333. The summed E-state index contributed by atoms with van der Waals surface area (Å²) in [5, 5.41) is 2.74. The van der Waals surface area contributed by atoms with Gasteiger partial charge in [0, 0.05) is 9.24 Å². The molecule has 2 heteroatoms. The van der Waals surface area contributed by atoms with Gasteiger partial charge in [-0.05, 0) is 36.2 Å².